The summed E-state index contributed by atoms with van der Waals surface area (Å²) in [5.41, 5.74) is 1.12. The molecule has 0 amide bonds. The van der Waals surface area contributed by atoms with Crippen LogP contribution in [0.15, 0.2) is 30.3 Å². The molecule has 0 spiro atoms. The van der Waals surface area contributed by atoms with Gasteiger partial charge in [0.1, 0.15) is 6.04 Å². The lowest BCUT2D eigenvalue weighted by atomic mass is 10.2. The second-order valence-electron chi connectivity index (χ2n) is 4.45. The first-order valence-electron chi connectivity index (χ1n) is 5.75. The number of nitrogens with zero attached hydrogens (tertiary/aromatic N) is 1. The maximum absolute atomic E-state index is 10.9. The molecule has 0 aromatic heterocycles. The molecule has 0 bridgehead atoms. The van der Waals surface area contributed by atoms with Crippen LogP contribution in [0.4, 0.5) is 0 Å². The average molecular weight is 235 g/mol. The Morgan fingerprint density at radius 1 is 1.47 bits per heavy atom. The number of hydrogen-bond acceptors (Lipinski definition) is 3. The zero-order valence-corrected chi connectivity index (χ0v) is 9.87. The Bertz CT molecular complexity index is 380. The predicted octanol–water partition coefficient (Wildman–Crippen LogP) is 1.36. The third-order valence-corrected chi connectivity index (χ3v) is 3.12. The van der Waals surface area contributed by atoms with Gasteiger partial charge in [0, 0.05) is 13.0 Å². The minimum Gasteiger partial charge on any atom is -0.480 e. The van der Waals surface area contributed by atoms with E-state index in [4.69, 9.17) is 9.84 Å². The van der Waals surface area contributed by atoms with Gasteiger partial charge in [-0.2, -0.15) is 0 Å². The number of hydrogen-bond donors (Lipinski definition) is 1. The highest BCUT2D eigenvalue weighted by atomic mass is 16.5. The molecule has 0 radical (unpaired) electrons. The van der Waals surface area contributed by atoms with Gasteiger partial charge in [0.2, 0.25) is 0 Å². The summed E-state index contributed by atoms with van der Waals surface area (Å²) in [6.45, 7) is 1.23. The summed E-state index contributed by atoms with van der Waals surface area (Å²) in [5, 5.41) is 8.99. The highest BCUT2D eigenvalue weighted by molar-refractivity contribution is 5.73. The number of carboxylic acid groups (broad SMARTS) is 1. The molecule has 92 valence electrons. The minimum atomic E-state index is -0.765. The molecule has 1 heterocycles. The van der Waals surface area contributed by atoms with Crippen LogP contribution in [0, 0.1) is 0 Å². The van der Waals surface area contributed by atoms with Crippen molar-refractivity contribution in [2.24, 2.45) is 0 Å². The molecule has 4 heteroatoms. The van der Waals surface area contributed by atoms with Crippen LogP contribution in [0.25, 0.3) is 0 Å². The Balaban J connectivity index is 1.84. The van der Waals surface area contributed by atoms with Crippen LogP contribution in [0.3, 0.4) is 0 Å². The normalized spacial score (nSPS) is 25.0. The van der Waals surface area contributed by atoms with E-state index < -0.39 is 12.0 Å². The molecule has 1 aliphatic heterocycles. The van der Waals surface area contributed by atoms with E-state index in [-0.39, 0.29) is 6.10 Å². The zero-order valence-electron chi connectivity index (χ0n) is 9.87. The molecule has 1 aromatic carbocycles. The number of carboxylic acids is 1. The third kappa shape index (κ3) is 3.05. The van der Waals surface area contributed by atoms with Crippen molar-refractivity contribution in [1.82, 2.24) is 4.90 Å². The smallest absolute Gasteiger partial charge is 0.321 e. The van der Waals surface area contributed by atoms with Crippen molar-refractivity contribution in [1.29, 1.82) is 0 Å². The van der Waals surface area contributed by atoms with Gasteiger partial charge in [0.05, 0.1) is 12.7 Å². The van der Waals surface area contributed by atoms with Crippen molar-refractivity contribution in [3.63, 3.8) is 0 Å². The lowest BCUT2D eigenvalue weighted by Gasteiger charge is -2.13. The van der Waals surface area contributed by atoms with Gasteiger partial charge in [-0.05, 0) is 12.6 Å². The largest absolute Gasteiger partial charge is 0.480 e. The van der Waals surface area contributed by atoms with Crippen molar-refractivity contribution in [3.8, 4) is 0 Å². The fourth-order valence-corrected chi connectivity index (χ4v) is 2.15. The number of ether oxygens (including phenoxy) is 1. The standard InChI is InChI=1S/C13H17NO3/c1-14-8-11(7-12(14)13(15)16)17-9-10-5-3-2-4-6-10/h2-6,11-12H,7-9H2,1H3,(H,15,16)/t11-,12?/m1/s1. The molecule has 4 nitrogen and oxygen atoms in total. The number of likely N-dealkylation sites (tertiary alicyclic amines) is 1. The van der Waals surface area contributed by atoms with Gasteiger partial charge in [-0.1, -0.05) is 30.3 Å². The molecule has 1 N–H and O–H groups in total. The molecule has 1 unspecified atom stereocenters. The van der Waals surface area contributed by atoms with E-state index in [1.54, 1.807) is 0 Å². The third-order valence-electron chi connectivity index (χ3n) is 3.12. The lowest BCUT2D eigenvalue weighted by Crippen LogP contribution is -2.32. The summed E-state index contributed by atoms with van der Waals surface area (Å²) in [5.74, 6) is -0.765. The predicted molar refractivity (Wildman–Crippen MR) is 63.7 cm³/mol. The number of benzene rings is 1. The van der Waals surface area contributed by atoms with Crippen LogP contribution in [0.2, 0.25) is 0 Å². The molecule has 17 heavy (non-hydrogen) atoms. The molecule has 1 aromatic rings. The van der Waals surface area contributed by atoms with E-state index in [1.807, 2.05) is 42.3 Å². The quantitative estimate of drug-likeness (QED) is 0.856. The van der Waals surface area contributed by atoms with Crippen LogP contribution < -0.4 is 0 Å². The first-order chi connectivity index (χ1) is 8.16. The summed E-state index contributed by atoms with van der Waals surface area (Å²) >= 11 is 0. The highest BCUT2D eigenvalue weighted by Gasteiger charge is 2.34. The summed E-state index contributed by atoms with van der Waals surface area (Å²) < 4.78 is 5.73. The van der Waals surface area contributed by atoms with Gasteiger partial charge >= 0.3 is 5.97 Å². The van der Waals surface area contributed by atoms with Gasteiger partial charge in [-0.3, -0.25) is 9.69 Å². The molecule has 0 saturated carbocycles. The highest BCUT2D eigenvalue weighted by Crippen LogP contribution is 2.19. The van der Waals surface area contributed by atoms with Gasteiger partial charge < -0.3 is 9.84 Å². The van der Waals surface area contributed by atoms with Crippen molar-refractivity contribution < 1.29 is 14.6 Å². The van der Waals surface area contributed by atoms with Crippen molar-refractivity contribution >= 4 is 5.97 Å². The molecule has 2 atom stereocenters. The number of rotatable bonds is 4. The van der Waals surface area contributed by atoms with Crippen molar-refractivity contribution in [3.05, 3.63) is 35.9 Å². The van der Waals surface area contributed by atoms with Crippen LogP contribution in [0.1, 0.15) is 12.0 Å². The topological polar surface area (TPSA) is 49.8 Å². The van der Waals surface area contributed by atoms with E-state index >= 15 is 0 Å². The molecular weight excluding hydrogens is 218 g/mol. The molecule has 2 rings (SSSR count). The Hall–Kier alpha value is -1.39. The number of aliphatic carboxylic acids is 1. The monoisotopic (exact) mass is 235 g/mol. The van der Waals surface area contributed by atoms with E-state index in [0.717, 1.165) is 5.56 Å². The van der Waals surface area contributed by atoms with Crippen LogP contribution in [0.5, 0.6) is 0 Å². The second-order valence-corrected chi connectivity index (χ2v) is 4.45. The SMILES string of the molecule is CN1C[C@H](OCc2ccccc2)CC1C(=O)O. The Morgan fingerprint density at radius 3 is 2.76 bits per heavy atom. The second kappa shape index (κ2) is 5.29. The van der Waals surface area contributed by atoms with Gasteiger partial charge in [-0.15, -0.1) is 0 Å². The molecular formula is C13H17NO3. The molecule has 1 aliphatic rings. The Morgan fingerprint density at radius 2 is 2.18 bits per heavy atom. The summed E-state index contributed by atoms with van der Waals surface area (Å²) in [6.07, 6.45) is 0.583. The maximum Gasteiger partial charge on any atom is 0.321 e. The Labute approximate surface area is 101 Å². The summed E-state index contributed by atoms with van der Waals surface area (Å²) in [4.78, 5) is 12.8. The van der Waals surface area contributed by atoms with E-state index in [0.29, 0.717) is 19.6 Å². The molecule has 1 saturated heterocycles. The Kier molecular flexibility index (Phi) is 3.76. The van der Waals surface area contributed by atoms with Crippen LogP contribution in [-0.2, 0) is 16.1 Å². The minimum absolute atomic E-state index is 0.0151. The fraction of sp³-hybridized carbons (Fsp3) is 0.462. The van der Waals surface area contributed by atoms with E-state index in [9.17, 15) is 4.79 Å². The lowest BCUT2D eigenvalue weighted by molar-refractivity contribution is -0.141. The first-order valence-corrected chi connectivity index (χ1v) is 5.75. The number of likely N-dealkylation sites (N-methyl/N-ethyl adjacent to an activating group) is 1. The van der Waals surface area contributed by atoms with Gasteiger partial charge in [0.25, 0.3) is 0 Å². The van der Waals surface area contributed by atoms with E-state index in [1.165, 1.54) is 0 Å². The molecule has 1 fully saturated rings. The van der Waals surface area contributed by atoms with E-state index in [2.05, 4.69) is 0 Å². The first kappa shape index (κ1) is 12.1. The summed E-state index contributed by atoms with van der Waals surface area (Å²) in [6, 6.07) is 9.52. The number of carbonyl (C=O) groups is 1. The van der Waals surface area contributed by atoms with Crippen LogP contribution in [-0.4, -0.2) is 41.7 Å². The fourth-order valence-electron chi connectivity index (χ4n) is 2.15. The van der Waals surface area contributed by atoms with Crippen molar-refractivity contribution in [2.45, 2.75) is 25.2 Å². The maximum atomic E-state index is 10.9. The average Bonchev–Trinajstić information content (AvgIpc) is 2.69. The summed E-state index contributed by atoms with van der Waals surface area (Å²) in [7, 11) is 1.82. The van der Waals surface area contributed by atoms with Gasteiger partial charge in [0.15, 0.2) is 0 Å². The van der Waals surface area contributed by atoms with Crippen molar-refractivity contribution in [2.75, 3.05) is 13.6 Å². The molecule has 0 aliphatic carbocycles. The van der Waals surface area contributed by atoms with Gasteiger partial charge in [-0.25, -0.2) is 0 Å². The zero-order chi connectivity index (χ0) is 12.3. The van der Waals surface area contributed by atoms with Crippen LogP contribution >= 0.6 is 0 Å².